The first-order valence-electron chi connectivity index (χ1n) is 5.12. The van der Waals surface area contributed by atoms with Crippen molar-refractivity contribution in [3.05, 3.63) is 29.3 Å². The molecule has 0 aliphatic rings. The average Bonchev–Trinajstić information content (AvgIpc) is 2.25. The maximum Gasteiger partial charge on any atom is 0.389 e. The average molecular weight is 270 g/mol. The highest BCUT2D eigenvalue weighted by Crippen LogP contribution is 2.25. The fourth-order valence-electron chi connectivity index (χ4n) is 1.29. The van der Waals surface area contributed by atoms with Gasteiger partial charge in [0.05, 0.1) is 13.2 Å². The van der Waals surface area contributed by atoms with E-state index in [4.69, 9.17) is 5.11 Å². The lowest BCUT2D eigenvalue weighted by atomic mass is 10.2. The maximum absolute atomic E-state index is 13.3. The summed E-state index contributed by atoms with van der Waals surface area (Å²) in [5.74, 6) is -2.83. The first kappa shape index (κ1) is 14.7. The highest BCUT2D eigenvalue weighted by Gasteiger charge is 2.26. The molecule has 1 aromatic rings. The van der Waals surface area contributed by atoms with Gasteiger partial charge in [0.1, 0.15) is 0 Å². The van der Waals surface area contributed by atoms with E-state index in [1.165, 1.54) is 0 Å². The smallest absolute Gasteiger partial charge is 0.389 e. The van der Waals surface area contributed by atoms with E-state index < -0.39 is 43.2 Å². The van der Waals surface area contributed by atoms with E-state index in [2.05, 4.69) is 4.74 Å². The molecule has 0 aliphatic carbocycles. The Bertz CT molecular complexity index is 380. The monoisotopic (exact) mass is 270 g/mol. The molecule has 0 aliphatic heterocycles. The van der Waals surface area contributed by atoms with Crippen molar-refractivity contribution >= 4 is 0 Å². The lowest BCUT2D eigenvalue weighted by Crippen LogP contribution is -2.10. The molecule has 0 saturated heterocycles. The quantitative estimate of drug-likeness (QED) is 0.657. The zero-order chi connectivity index (χ0) is 13.8. The van der Waals surface area contributed by atoms with Crippen LogP contribution in [0.15, 0.2) is 12.1 Å². The molecule has 0 aromatic heterocycles. The van der Waals surface area contributed by atoms with Crippen molar-refractivity contribution < 1.29 is 31.8 Å². The molecule has 1 N–H and O–H groups in total. The number of ether oxygens (including phenoxy) is 1. The highest BCUT2D eigenvalue weighted by molar-refractivity contribution is 5.31. The van der Waals surface area contributed by atoms with Crippen LogP contribution in [0.3, 0.4) is 0 Å². The second kappa shape index (κ2) is 5.99. The summed E-state index contributed by atoms with van der Waals surface area (Å²) >= 11 is 0. The Morgan fingerprint density at radius 1 is 1.11 bits per heavy atom. The summed E-state index contributed by atoms with van der Waals surface area (Å²) in [5, 5.41) is 8.68. The Kier molecular flexibility index (Phi) is 4.89. The predicted octanol–water partition coefficient (Wildman–Crippen LogP) is 3.18. The van der Waals surface area contributed by atoms with Gasteiger partial charge in [0, 0.05) is 6.42 Å². The van der Waals surface area contributed by atoms with Gasteiger partial charge < -0.3 is 9.84 Å². The van der Waals surface area contributed by atoms with Crippen LogP contribution in [0.1, 0.15) is 18.4 Å². The fourth-order valence-corrected chi connectivity index (χ4v) is 1.29. The lowest BCUT2D eigenvalue weighted by Gasteiger charge is -2.10. The van der Waals surface area contributed by atoms with Crippen molar-refractivity contribution in [2.75, 3.05) is 6.61 Å². The van der Waals surface area contributed by atoms with Gasteiger partial charge in [0.25, 0.3) is 0 Å². The summed E-state index contributed by atoms with van der Waals surface area (Å²) in [6, 6.07) is 1.73. The minimum atomic E-state index is -4.32. The van der Waals surface area contributed by atoms with Gasteiger partial charge in [-0.3, -0.25) is 0 Å². The molecule has 0 radical (unpaired) electrons. The van der Waals surface area contributed by atoms with Crippen molar-refractivity contribution in [2.24, 2.45) is 0 Å². The summed E-state index contributed by atoms with van der Waals surface area (Å²) in [6.45, 7) is -0.978. The van der Waals surface area contributed by atoms with Crippen molar-refractivity contribution in [3.63, 3.8) is 0 Å². The number of halogens is 5. The largest absolute Gasteiger partial charge is 0.488 e. The summed E-state index contributed by atoms with van der Waals surface area (Å²) in [6.07, 6.45) is -5.78. The summed E-state index contributed by atoms with van der Waals surface area (Å²) in [7, 11) is 0. The van der Waals surface area contributed by atoms with Crippen LogP contribution in [0.25, 0.3) is 0 Å². The SMILES string of the molecule is OCc1cc(F)c(OCCCC(F)(F)F)c(F)c1. The van der Waals surface area contributed by atoms with E-state index in [0.29, 0.717) is 0 Å². The molecule has 0 bridgehead atoms. The van der Waals surface area contributed by atoms with Crippen LogP contribution in [0, 0.1) is 11.6 Å². The van der Waals surface area contributed by atoms with Crippen molar-refractivity contribution in [3.8, 4) is 5.75 Å². The Morgan fingerprint density at radius 3 is 2.11 bits per heavy atom. The molecule has 0 atom stereocenters. The van der Waals surface area contributed by atoms with Crippen LogP contribution in [0.2, 0.25) is 0 Å². The summed E-state index contributed by atoms with van der Waals surface area (Å²) in [5.41, 5.74) is 0.0210. The molecule has 1 rings (SSSR count). The van der Waals surface area contributed by atoms with Crippen molar-refractivity contribution in [1.82, 2.24) is 0 Å². The third-order valence-corrected chi connectivity index (χ3v) is 2.09. The van der Waals surface area contributed by atoms with Gasteiger partial charge in [-0.15, -0.1) is 0 Å². The van der Waals surface area contributed by atoms with Gasteiger partial charge in [-0.25, -0.2) is 8.78 Å². The number of aliphatic hydroxyl groups excluding tert-OH is 1. The van der Waals surface area contributed by atoms with Crippen LogP contribution in [0.4, 0.5) is 22.0 Å². The van der Waals surface area contributed by atoms with Gasteiger partial charge in [-0.1, -0.05) is 0 Å². The standard InChI is InChI=1S/C11H11F5O2/c12-8-4-7(6-17)5-9(13)10(8)18-3-1-2-11(14,15)16/h4-5,17H,1-3,6H2. The molecule has 0 unspecified atom stereocenters. The van der Waals surface area contributed by atoms with Crippen LogP contribution < -0.4 is 4.74 Å². The van der Waals surface area contributed by atoms with Crippen LogP contribution >= 0.6 is 0 Å². The number of rotatable bonds is 5. The van der Waals surface area contributed by atoms with Gasteiger partial charge in [0.2, 0.25) is 0 Å². The van der Waals surface area contributed by atoms with E-state index >= 15 is 0 Å². The summed E-state index contributed by atoms with van der Waals surface area (Å²) in [4.78, 5) is 0. The fraction of sp³-hybridized carbons (Fsp3) is 0.455. The minimum absolute atomic E-state index is 0.0210. The Morgan fingerprint density at radius 2 is 1.67 bits per heavy atom. The van der Waals surface area contributed by atoms with E-state index in [1.54, 1.807) is 0 Å². The van der Waals surface area contributed by atoms with Gasteiger partial charge in [0.15, 0.2) is 17.4 Å². The topological polar surface area (TPSA) is 29.5 Å². The molecule has 0 amide bonds. The third-order valence-electron chi connectivity index (χ3n) is 2.09. The van der Waals surface area contributed by atoms with E-state index in [9.17, 15) is 22.0 Å². The Balaban J connectivity index is 2.57. The predicted molar refractivity (Wildman–Crippen MR) is 53.1 cm³/mol. The highest BCUT2D eigenvalue weighted by atomic mass is 19.4. The molecular weight excluding hydrogens is 259 g/mol. The first-order chi connectivity index (χ1) is 8.33. The van der Waals surface area contributed by atoms with Gasteiger partial charge in [-0.05, 0) is 24.1 Å². The maximum atomic E-state index is 13.3. The number of aliphatic hydroxyl groups is 1. The van der Waals surface area contributed by atoms with Crippen molar-refractivity contribution in [2.45, 2.75) is 25.6 Å². The van der Waals surface area contributed by atoms with E-state index in [0.717, 1.165) is 12.1 Å². The molecule has 18 heavy (non-hydrogen) atoms. The zero-order valence-corrected chi connectivity index (χ0v) is 9.23. The third kappa shape index (κ3) is 4.48. The van der Waals surface area contributed by atoms with Gasteiger partial charge in [-0.2, -0.15) is 13.2 Å². The number of hydrogen-bond donors (Lipinski definition) is 1. The zero-order valence-electron chi connectivity index (χ0n) is 9.23. The molecule has 0 heterocycles. The van der Waals surface area contributed by atoms with Crippen LogP contribution in [-0.4, -0.2) is 17.9 Å². The second-order valence-electron chi connectivity index (χ2n) is 3.61. The van der Waals surface area contributed by atoms with Gasteiger partial charge >= 0.3 is 6.18 Å². The molecule has 2 nitrogen and oxygen atoms in total. The lowest BCUT2D eigenvalue weighted by molar-refractivity contribution is -0.136. The molecule has 0 fully saturated rings. The van der Waals surface area contributed by atoms with Crippen LogP contribution in [0.5, 0.6) is 5.75 Å². The minimum Gasteiger partial charge on any atom is -0.488 e. The molecule has 102 valence electrons. The molecule has 7 heteroatoms. The molecular formula is C11H11F5O2. The van der Waals surface area contributed by atoms with E-state index in [1.807, 2.05) is 0 Å². The van der Waals surface area contributed by atoms with Crippen LogP contribution in [-0.2, 0) is 6.61 Å². The molecule has 1 aromatic carbocycles. The number of hydrogen-bond acceptors (Lipinski definition) is 2. The second-order valence-corrected chi connectivity index (χ2v) is 3.61. The normalized spacial score (nSPS) is 11.7. The van der Waals surface area contributed by atoms with Crippen molar-refractivity contribution in [1.29, 1.82) is 0 Å². The summed E-state index contributed by atoms with van der Waals surface area (Å²) < 4.78 is 66.6. The first-order valence-corrected chi connectivity index (χ1v) is 5.12. The number of benzene rings is 1. The molecule has 0 spiro atoms. The Labute approximate surface area is 100.0 Å². The number of alkyl halides is 3. The van der Waals surface area contributed by atoms with E-state index in [-0.39, 0.29) is 12.0 Å². The Hall–Kier alpha value is -1.37. The molecule has 0 saturated carbocycles.